The number of carbonyl (C=O) groups is 1. The summed E-state index contributed by atoms with van der Waals surface area (Å²) in [6.07, 6.45) is 6.09. The van der Waals surface area contributed by atoms with Gasteiger partial charge in [0.2, 0.25) is 0 Å². The van der Waals surface area contributed by atoms with E-state index in [1.807, 2.05) is 24.4 Å². The number of Topliss-reactive ketones (excluding diaryl/α,β-unsaturated/α-hetero) is 1. The normalized spacial score (nSPS) is 19.2. The van der Waals surface area contributed by atoms with Gasteiger partial charge in [-0.2, -0.15) is 0 Å². The van der Waals surface area contributed by atoms with Gasteiger partial charge in [0.05, 0.1) is 17.9 Å². The molecule has 3 rings (SSSR count). The molecule has 1 aromatic heterocycles. The van der Waals surface area contributed by atoms with Crippen LogP contribution < -0.4 is 0 Å². The van der Waals surface area contributed by atoms with E-state index >= 15 is 0 Å². The van der Waals surface area contributed by atoms with Gasteiger partial charge in [-0.1, -0.05) is 36.8 Å². The minimum atomic E-state index is 0.258. The van der Waals surface area contributed by atoms with Crippen molar-refractivity contribution in [2.24, 2.45) is 0 Å². The van der Waals surface area contributed by atoms with Crippen molar-refractivity contribution in [3.63, 3.8) is 0 Å². The predicted octanol–water partition coefficient (Wildman–Crippen LogP) is 3.58. The monoisotopic (exact) mass is 297 g/mol. The van der Waals surface area contributed by atoms with Crippen molar-refractivity contribution in [3.05, 3.63) is 42.4 Å². The van der Waals surface area contributed by atoms with Gasteiger partial charge in [0.1, 0.15) is 11.6 Å². The molecule has 0 aliphatic carbocycles. The number of nitrogens with zero attached hydrogens (tertiary/aromatic N) is 2. The fourth-order valence-electron chi connectivity index (χ4n) is 3.14. The first-order valence-corrected chi connectivity index (χ1v) is 8.08. The Balaban J connectivity index is 1.76. The molecule has 2 aromatic rings. The Bertz CT molecular complexity index is 620. The van der Waals surface area contributed by atoms with Crippen LogP contribution in [0.15, 0.2) is 36.5 Å². The Morgan fingerprint density at radius 1 is 1.32 bits per heavy atom. The molecular weight excluding hydrogens is 274 g/mol. The van der Waals surface area contributed by atoms with Gasteiger partial charge in [-0.25, -0.2) is 4.98 Å². The zero-order chi connectivity index (χ0) is 15.4. The third-order valence-corrected chi connectivity index (χ3v) is 4.36. The minimum absolute atomic E-state index is 0.258. The van der Waals surface area contributed by atoms with Gasteiger partial charge >= 0.3 is 0 Å². The summed E-state index contributed by atoms with van der Waals surface area (Å²) in [6.45, 7) is 3.56. The number of hydrogen-bond acceptors (Lipinski definition) is 3. The summed E-state index contributed by atoms with van der Waals surface area (Å²) in [6, 6.07) is 10.6. The van der Waals surface area contributed by atoms with Crippen LogP contribution in [0.4, 0.5) is 0 Å². The molecule has 1 N–H and O–H groups in total. The van der Waals surface area contributed by atoms with Gasteiger partial charge in [0.15, 0.2) is 0 Å². The molecule has 0 spiro atoms. The van der Waals surface area contributed by atoms with Crippen molar-refractivity contribution >= 4 is 5.78 Å². The quantitative estimate of drug-likeness (QED) is 0.917. The number of ketones is 1. The van der Waals surface area contributed by atoms with Gasteiger partial charge in [-0.05, 0) is 31.9 Å². The number of benzene rings is 1. The lowest BCUT2D eigenvalue weighted by Gasteiger charge is -2.34. The van der Waals surface area contributed by atoms with Crippen molar-refractivity contribution in [2.45, 2.75) is 38.6 Å². The fourth-order valence-corrected chi connectivity index (χ4v) is 3.14. The molecule has 116 valence electrons. The molecular formula is C18H23N3O. The number of aromatic amines is 1. The number of aromatic nitrogens is 2. The van der Waals surface area contributed by atoms with E-state index in [0.717, 1.165) is 36.6 Å². The largest absolute Gasteiger partial charge is 0.341 e. The second-order valence-corrected chi connectivity index (χ2v) is 6.05. The molecule has 1 atom stereocenters. The predicted molar refractivity (Wildman–Crippen MR) is 87.5 cm³/mol. The molecule has 1 aromatic carbocycles. The first-order valence-electron chi connectivity index (χ1n) is 8.08. The van der Waals surface area contributed by atoms with E-state index < -0.39 is 0 Å². The maximum absolute atomic E-state index is 11.3. The standard InChI is InChI=1S/C18H23N3O/c1-14(22)10-12-21-11-6-5-9-17(21)18-19-13-16(20-18)15-7-3-2-4-8-15/h2-4,7-8,13,17H,5-6,9-12H2,1H3,(H,19,20). The Morgan fingerprint density at radius 2 is 2.14 bits per heavy atom. The number of likely N-dealkylation sites (tertiary alicyclic amines) is 1. The molecule has 0 radical (unpaired) electrons. The average Bonchev–Trinajstić information content (AvgIpc) is 3.04. The lowest BCUT2D eigenvalue weighted by Crippen LogP contribution is -2.35. The lowest BCUT2D eigenvalue weighted by molar-refractivity contribution is -0.117. The molecule has 0 bridgehead atoms. The van der Waals surface area contributed by atoms with E-state index in [4.69, 9.17) is 0 Å². The van der Waals surface area contributed by atoms with E-state index in [-0.39, 0.29) is 5.78 Å². The second-order valence-electron chi connectivity index (χ2n) is 6.05. The Labute approximate surface area is 131 Å². The highest BCUT2D eigenvalue weighted by Crippen LogP contribution is 2.30. The van der Waals surface area contributed by atoms with Crippen molar-refractivity contribution < 1.29 is 4.79 Å². The molecule has 22 heavy (non-hydrogen) atoms. The Kier molecular flexibility index (Phi) is 4.68. The second kappa shape index (κ2) is 6.88. The summed E-state index contributed by atoms with van der Waals surface area (Å²) in [5.74, 6) is 1.29. The van der Waals surface area contributed by atoms with Gasteiger partial charge in [0.25, 0.3) is 0 Å². The maximum atomic E-state index is 11.3. The van der Waals surface area contributed by atoms with Crippen LogP contribution in [-0.2, 0) is 4.79 Å². The number of hydrogen-bond donors (Lipinski definition) is 1. The third-order valence-electron chi connectivity index (χ3n) is 4.36. The molecule has 1 unspecified atom stereocenters. The molecule has 4 nitrogen and oxygen atoms in total. The van der Waals surface area contributed by atoms with Crippen molar-refractivity contribution in [1.29, 1.82) is 0 Å². The highest BCUT2D eigenvalue weighted by atomic mass is 16.1. The van der Waals surface area contributed by atoms with E-state index in [1.165, 1.54) is 12.8 Å². The molecule has 1 saturated heterocycles. The number of carbonyl (C=O) groups excluding carboxylic acids is 1. The highest BCUT2D eigenvalue weighted by Gasteiger charge is 2.26. The SMILES string of the molecule is CC(=O)CCN1CCCCC1c1ncc(-c2ccccc2)[nH]1. The highest BCUT2D eigenvalue weighted by molar-refractivity contribution is 5.75. The third kappa shape index (κ3) is 3.45. The van der Waals surface area contributed by atoms with Crippen molar-refractivity contribution in [1.82, 2.24) is 14.9 Å². The summed E-state index contributed by atoms with van der Waals surface area (Å²) in [7, 11) is 0. The number of piperidine rings is 1. The Morgan fingerprint density at radius 3 is 2.91 bits per heavy atom. The van der Waals surface area contributed by atoms with Crippen molar-refractivity contribution in [3.8, 4) is 11.3 Å². The van der Waals surface area contributed by atoms with E-state index in [9.17, 15) is 4.79 Å². The molecule has 1 aliphatic heterocycles. The van der Waals surface area contributed by atoms with Crippen LogP contribution in [0.25, 0.3) is 11.3 Å². The number of rotatable bonds is 5. The zero-order valence-electron chi connectivity index (χ0n) is 13.1. The fraction of sp³-hybridized carbons (Fsp3) is 0.444. The minimum Gasteiger partial charge on any atom is -0.341 e. The average molecular weight is 297 g/mol. The van der Waals surface area contributed by atoms with Gasteiger partial charge in [-0.15, -0.1) is 0 Å². The maximum Gasteiger partial charge on any atom is 0.131 e. The van der Waals surface area contributed by atoms with Crippen LogP contribution in [0, 0.1) is 0 Å². The van der Waals surface area contributed by atoms with Gasteiger partial charge < -0.3 is 4.98 Å². The van der Waals surface area contributed by atoms with Crippen LogP contribution in [-0.4, -0.2) is 33.7 Å². The van der Waals surface area contributed by atoms with E-state index in [1.54, 1.807) is 6.92 Å². The molecule has 1 fully saturated rings. The van der Waals surface area contributed by atoms with E-state index in [0.29, 0.717) is 12.5 Å². The first kappa shape index (κ1) is 15.0. The van der Waals surface area contributed by atoms with Crippen LogP contribution in [0.2, 0.25) is 0 Å². The molecule has 4 heteroatoms. The summed E-state index contributed by atoms with van der Waals surface area (Å²) >= 11 is 0. The first-order chi connectivity index (χ1) is 10.7. The van der Waals surface area contributed by atoms with Gasteiger partial charge in [-0.3, -0.25) is 9.69 Å². The molecule has 0 amide bonds. The smallest absolute Gasteiger partial charge is 0.131 e. The van der Waals surface area contributed by atoms with Crippen LogP contribution in [0.3, 0.4) is 0 Å². The van der Waals surface area contributed by atoms with Crippen LogP contribution in [0.1, 0.15) is 44.5 Å². The topological polar surface area (TPSA) is 49.0 Å². The van der Waals surface area contributed by atoms with Crippen LogP contribution in [0.5, 0.6) is 0 Å². The van der Waals surface area contributed by atoms with Gasteiger partial charge in [0, 0.05) is 13.0 Å². The zero-order valence-corrected chi connectivity index (χ0v) is 13.1. The van der Waals surface area contributed by atoms with Crippen LogP contribution >= 0.6 is 0 Å². The summed E-state index contributed by atoms with van der Waals surface area (Å²) in [5, 5.41) is 0. The van der Waals surface area contributed by atoms with Crippen molar-refractivity contribution in [2.75, 3.05) is 13.1 Å². The van der Waals surface area contributed by atoms with E-state index in [2.05, 4.69) is 27.0 Å². The molecule has 2 heterocycles. The number of imidazole rings is 1. The number of H-pyrrole nitrogens is 1. The lowest BCUT2D eigenvalue weighted by atomic mass is 10.0. The number of nitrogens with one attached hydrogen (secondary N) is 1. The molecule has 0 saturated carbocycles. The summed E-state index contributed by atoms with van der Waals surface area (Å²) < 4.78 is 0. The molecule has 1 aliphatic rings. The summed E-state index contributed by atoms with van der Waals surface area (Å²) in [4.78, 5) is 21.8. The summed E-state index contributed by atoms with van der Waals surface area (Å²) in [5.41, 5.74) is 2.22. The Hall–Kier alpha value is -1.94.